The first-order chi connectivity index (χ1) is 14.5. The summed E-state index contributed by atoms with van der Waals surface area (Å²) in [6, 6.07) is 12.9. The first-order valence-electron chi connectivity index (χ1n) is 9.41. The van der Waals surface area contributed by atoms with Crippen molar-refractivity contribution in [2.75, 3.05) is 12.3 Å². The number of carbonyl (C=O) groups excluding carboxylic acids is 2. The van der Waals surface area contributed by atoms with Crippen molar-refractivity contribution in [2.24, 2.45) is 0 Å². The van der Waals surface area contributed by atoms with E-state index >= 15 is 0 Å². The molecule has 30 heavy (non-hydrogen) atoms. The van der Waals surface area contributed by atoms with Gasteiger partial charge in [0.25, 0.3) is 5.91 Å². The normalized spacial score (nSPS) is 10.6. The molecule has 2 aromatic carbocycles. The molecule has 0 atom stereocenters. The van der Waals surface area contributed by atoms with Crippen LogP contribution in [0.25, 0.3) is 5.69 Å². The maximum atomic E-state index is 12.3. The van der Waals surface area contributed by atoms with Crippen LogP contribution in [0.2, 0.25) is 5.02 Å². The van der Waals surface area contributed by atoms with Crippen molar-refractivity contribution >= 4 is 35.2 Å². The number of thioether (sulfide) groups is 1. The second-order valence-corrected chi connectivity index (χ2v) is 7.89. The third kappa shape index (κ3) is 5.61. The van der Waals surface area contributed by atoms with Crippen molar-refractivity contribution in [1.82, 2.24) is 25.4 Å². The molecule has 0 aliphatic rings. The minimum absolute atomic E-state index is 0.128. The molecule has 0 radical (unpaired) electrons. The molecule has 0 aliphatic carbocycles. The highest BCUT2D eigenvalue weighted by atomic mass is 35.5. The molecule has 0 fully saturated rings. The second kappa shape index (κ2) is 10.3. The summed E-state index contributed by atoms with van der Waals surface area (Å²) in [5.41, 5.74) is 3.25. The predicted octanol–water partition coefficient (Wildman–Crippen LogP) is 3.39. The summed E-state index contributed by atoms with van der Waals surface area (Å²) in [5.74, 6) is -0.0782. The van der Waals surface area contributed by atoms with Crippen LogP contribution in [-0.2, 0) is 11.3 Å². The quantitative estimate of drug-likeness (QED) is 0.521. The molecular weight excluding hydrogens is 422 g/mol. The van der Waals surface area contributed by atoms with Crippen LogP contribution in [-0.4, -0.2) is 38.9 Å². The summed E-state index contributed by atoms with van der Waals surface area (Å²) < 4.78 is 1.79. The number of amides is 2. The zero-order valence-electron chi connectivity index (χ0n) is 16.7. The van der Waals surface area contributed by atoms with Gasteiger partial charge in [-0.05, 0) is 49.2 Å². The Balaban J connectivity index is 1.56. The molecule has 3 rings (SSSR count). The van der Waals surface area contributed by atoms with E-state index in [4.69, 9.17) is 11.6 Å². The molecule has 156 valence electrons. The van der Waals surface area contributed by atoms with Gasteiger partial charge in [0, 0.05) is 23.7 Å². The number of carbonyl (C=O) groups is 2. The van der Waals surface area contributed by atoms with Crippen molar-refractivity contribution in [3.63, 3.8) is 0 Å². The number of aryl methyl sites for hydroxylation is 1. The lowest BCUT2D eigenvalue weighted by Crippen LogP contribution is -2.25. The average Bonchev–Trinajstić information content (AvgIpc) is 3.22. The van der Waals surface area contributed by atoms with Crippen LogP contribution in [0.5, 0.6) is 0 Å². The Kier molecular flexibility index (Phi) is 7.48. The second-order valence-electron chi connectivity index (χ2n) is 6.54. The van der Waals surface area contributed by atoms with E-state index in [0.717, 1.165) is 16.8 Å². The highest BCUT2D eigenvalue weighted by Gasteiger charge is 2.11. The predicted molar refractivity (Wildman–Crippen MR) is 118 cm³/mol. The topological polar surface area (TPSA) is 88.9 Å². The van der Waals surface area contributed by atoms with Crippen LogP contribution in [0.4, 0.5) is 0 Å². The molecule has 0 saturated heterocycles. The average molecular weight is 444 g/mol. The SMILES string of the molecule is CCNC(=O)c1cccc(CNC(=O)CSc2nncn2-c2ccc(C)c(Cl)c2)c1. The van der Waals surface area contributed by atoms with Crippen LogP contribution >= 0.6 is 23.4 Å². The number of nitrogens with zero attached hydrogens (tertiary/aromatic N) is 3. The maximum absolute atomic E-state index is 12.3. The number of hydrogen-bond acceptors (Lipinski definition) is 5. The molecular formula is C21H22ClN5O2S. The molecule has 2 N–H and O–H groups in total. The van der Waals surface area contributed by atoms with Crippen LogP contribution in [0, 0.1) is 6.92 Å². The zero-order chi connectivity index (χ0) is 21.5. The Labute approximate surface area is 184 Å². The van der Waals surface area contributed by atoms with Gasteiger partial charge < -0.3 is 10.6 Å². The molecule has 0 saturated carbocycles. The number of rotatable bonds is 8. The van der Waals surface area contributed by atoms with E-state index in [-0.39, 0.29) is 17.6 Å². The van der Waals surface area contributed by atoms with Crippen molar-refractivity contribution in [3.05, 3.63) is 70.5 Å². The standard InChI is InChI=1S/C21H22ClN5O2S/c1-3-23-20(29)16-6-4-5-15(9-16)11-24-19(28)12-30-21-26-25-13-27(21)17-8-7-14(2)18(22)10-17/h4-10,13H,3,11-12H2,1-2H3,(H,23,29)(H,24,28). The van der Waals surface area contributed by atoms with Gasteiger partial charge in [-0.1, -0.05) is 41.6 Å². The monoisotopic (exact) mass is 443 g/mol. The van der Waals surface area contributed by atoms with Gasteiger partial charge in [0.05, 0.1) is 11.4 Å². The Hall–Kier alpha value is -2.84. The van der Waals surface area contributed by atoms with E-state index in [0.29, 0.717) is 28.8 Å². The van der Waals surface area contributed by atoms with Crippen molar-refractivity contribution in [2.45, 2.75) is 25.5 Å². The summed E-state index contributed by atoms with van der Waals surface area (Å²) in [7, 11) is 0. The van der Waals surface area contributed by atoms with Crippen molar-refractivity contribution in [3.8, 4) is 5.69 Å². The fourth-order valence-corrected chi connectivity index (χ4v) is 3.63. The molecule has 1 heterocycles. The smallest absolute Gasteiger partial charge is 0.251 e. The molecule has 0 aliphatic heterocycles. The fourth-order valence-electron chi connectivity index (χ4n) is 2.70. The van der Waals surface area contributed by atoms with Gasteiger partial charge in [-0.25, -0.2) is 0 Å². The summed E-state index contributed by atoms with van der Waals surface area (Å²) in [6.45, 7) is 4.71. The van der Waals surface area contributed by atoms with E-state index in [1.54, 1.807) is 29.1 Å². The molecule has 2 amide bonds. The van der Waals surface area contributed by atoms with Crippen molar-refractivity contribution in [1.29, 1.82) is 0 Å². The van der Waals surface area contributed by atoms with E-state index in [1.165, 1.54) is 11.8 Å². The molecule has 3 aromatic rings. The van der Waals surface area contributed by atoms with Gasteiger partial charge in [0.2, 0.25) is 5.91 Å². The van der Waals surface area contributed by atoms with Crippen LogP contribution < -0.4 is 10.6 Å². The molecule has 0 spiro atoms. The number of hydrogen-bond donors (Lipinski definition) is 2. The molecule has 1 aromatic heterocycles. The minimum atomic E-state index is -0.139. The van der Waals surface area contributed by atoms with E-state index in [9.17, 15) is 9.59 Å². The van der Waals surface area contributed by atoms with Gasteiger partial charge in [-0.2, -0.15) is 0 Å². The third-order valence-corrected chi connectivity index (χ3v) is 5.65. The largest absolute Gasteiger partial charge is 0.352 e. The summed E-state index contributed by atoms with van der Waals surface area (Å²) in [5, 5.41) is 14.9. The third-order valence-electron chi connectivity index (χ3n) is 4.30. The van der Waals surface area contributed by atoms with Crippen molar-refractivity contribution < 1.29 is 9.59 Å². The Morgan fingerprint density at radius 3 is 2.77 bits per heavy atom. The Bertz CT molecular complexity index is 1050. The first-order valence-corrected chi connectivity index (χ1v) is 10.8. The highest BCUT2D eigenvalue weighted by Crippen LogP contribution is 2.23. The molecule has 9 heteroatoms. The summed E-state index contributed by atoms with van der Waals surface area (Å²) >= 11 is 7.49. The zero-order valence-corrected chi connectivity index (χ0v) is 18.3. The lowest BCUT2D eigenvalue weighted by Gasteiger charge is -2.09. The molecule has 0 bridgehead atoms. The van der Waals surface area contributed by atoms with E-state index in [1.807, 2.05) is 38.1 Å². The minimum Gasteiger partial charge on any atom is -0.352 e. The molecule has 7 nitrogen and oxygen atoms in total. The lowest BCUT2D eigenvalue weighted by atomic mass is 10.1. The van der Waals surface area contributed by atoms with Gasteiger partial charge in [0.1, 0.15) is 6.33 Å². The Morgan fingerprint density at radius 2 is 2.00 bits per heavy atom. The van der Waals surface area contributed by atoms with Crippen LogP contribution in [0.3, 0.4) is 0 Å². The van der Waals surface area contributed by atoms with Crippen LogP contribution in [0.15, 0.2) is 53.9 Å². The number of nitrogens with one attached hydrogen (secondary N) is 2. The first kappa shape index (κ1) is 21.9. The fraction of sp³-hybridized carbons (Fsp3) is 0.238. The van der Waals surface area contributed by atoms with Gasteiger partial charge in [-0.3, -0.25) is 14.2 Å². The number of benzene rings is 2. The van der Waals surface area contributed by atoms with Gasteiger partial charge in [0.15, 0.2) is 5.16 Å². The van der Waals surface area contributed by atoms with Crippen LogP contribution in [0.1, 0.15) is 28.4 Å². The maximum Gasteiger partial charge on any atom is 0.251 e. The van der Waals surface area contributed by atoms with E-state index in [2.05, 4.69) is 20.8 Å². The summed E-state index contributed by atoms with van der Waals surface area (Å²) in [4.78, 5) is 24.2. The number of halogens is 1. The Morgan fingerprint density at radius 1 is 1.17 bits per heavy atom. The number of aromatic nitrogens is 3. The summed E-state index contributed by atoms with van der Waals surface area (Å²) in [6.07, 6.45) is 1.59. The van der Waals surface area contributed by atoms with Gasteiger partial charge in [-0.15, -0.1) is 10.2 Å². The van der Waals surface area contributed by atoms with E-state index < -0.39 is 0 Å². The highest BCUT2D eigenvalue weighted by molar-refractivity contribution is 7.99. The van der Waals surface area contributed by atoms with Gasteiger partial charge >= 0.3 is 0 Å². The molecule has 0 unspecified atom stereocenters. The lowest BCUT2D eigenvalue weighted by molar-refractivity contribution is -0.118.